The van der Waals surface area contributed by atoms with Gasteiger partial charge in [-0.1, -0.05) is 55.4 Å². The fourth-order valence-corrected chi connectivity index (χ4v) is 3.76. The highest BCUT2D eigenvalue weighted by Crippen LogP contribution is 2.26. The van der Waals surface area contributed by atoms with Crippen molar-refractivity contribution in [1.29, 1.82) is 0 Å². The SMILES string of the molecule is Cc1c(Cl)cccc1-n1c(SCC(=O)NCC(C)C)nc2ccccc2c1=O. The second kappa shape index (κ2) is 8.80. The van der Waals surface area contributed by atoms with E-state index in [0.29, 0.717) is 39.2 Å². The van der Waals surface area contributed by atoms with Gasteiger partial charge in [0.15, 0.2) is 5.16 Å². The number of carbonyl (C=O) groups excluding carboxylic acids is 1. The second-order valence-corrected chi connectivity index (χ2v) is 8.27. The van der Waals surface area contributed by atoms with Crippen molar-refractivity contribution < 1.29 is 4.79 Å². The molecule has 0 spiro atoms. The minimum absolute atomic E-state index is 0.0875. The number of amides is 1. The first kappa shape index (κ1) is 20.4. The van der Waals surface area contributed by atoms with Crippen LogP contribution in [0.15, 0.2) is 52.4 Å². The molecule has 1 amide bonds. The van der Waals surface area contributed by atoms with Crippen molar-refractivity contribution in [3.05, 3.63) is 63.4 Å². The van der Waals surface area contributed by atoms with Crippen LogP contribution in [-0.4, -0.2) is 27.8 Å². The zero-order valence-electron chi connectivity index (χ0n) is 16.0. The summed E-state index contributed by atoms with van der Waals surface area (Å²) >= 11 is 7.52. The molecule has 0 bridgehead atoms. The van der Waals surface area contributed by atoms with Gasteiger partial charge in [-0.2, -0.15) is 0 Å². The number of thioether (sulfide) groups is 1. The lowest BCUT2D eigenvalue weighted by molar-refractivity contribution is -0.118. The predicted molar refractivity (Wildman–Crippen MR) is 116 cm³/mol. The van der Waals surface area contributed by atoms with Crippen LogP contribution in [-0.2, 0) is 4.79 Å². The third-order valence-corrected chi connectivity index (χ3v) is 5.61. The zero-order chi connectivity index (χ0) is 20.3. The van der Waals surface area contributed by atoms with Crippen LogP contribution in [0.4, 0.5) is 0 Å². The molecule has 0 radical (unpaired) electrons. The molecule has 7 heteroatoms. The van der Waals surface area contributed by atoms with E-state index in [2.05, 4.69) is 10.3 Å². The molecule has 3 rings (SSSR count). The summed E-state index contributed by atoms with van der Waals surface area (Å²) < 4.78 is 1.55. The molecule has 0 aliphatic carbocycles. The minimum Gasteiger partial charge on any atom is -0.355 e. The van der Waals surface area contributed by atoms with Gasteiger partial charge < -0.3 is 5.32 Å². The second-order valence-electron chi connectivity index (χ2n) is 6.92. The summed E-state index contributed by atoms with van der Waals surface area (Å²) in [4.78, 5) is 30.1. The highest BCUT2D eigenvalue weighted by atomic mass is 35.5. The molecular formula is C21H22ClN3O2S. The molecule has 0 unspecified atom stereocenters. The van der Waals surface area contributed by atoms with Gasteiger partial charge in [0.05, 0.1) is 22.3 Å². The van der Waals surface area contributed by atoms with E-state index in [1.54, 1.807) is 28.8 Å². The molecule has 28 heavy (non-hydrogen) atoms. The van der Waals surface area contributed by atoms with Crippen molar-refractivity contribution in [2.24, 2.45) is 5.92 Å². The van der Waals surface area contributed by atoms with Gasteiger partial charge in [0.25, 0.3) is 5.56 Å². The maximum Gasteiger partial charge on any atom is 0.266 e. The van der Waals surface area contributed by atoms with E-state index in [-0.39, 0.29) is 17.2 Å². The largest absolute Gasteiger partial charge is 0.355 e. The average Bonchev–Trinajstić information content (AvgIpc) is 2.67. The number of halogens is 1. The summed E-state index contributed by atoms with van der Waals surface area (Å²) in [5, 5.41) is 4.45. The molecule has 0 aliphatic rings. The highest BCUT2D eigenvalue weighted by Gasteiger charge is 2.17. The predicted octanol–water partition coefficient (Wildman–Crippen LogP) is 4.21. The zero-order valence-corrected chi connectivity index (χ0v) is 17.6. The molecule has 0 fully saturated rings. The van der Waals surface area contributed by atoms with Gasteiger partial charge >= 0.3 is 0 Å². The Morgan fingerprint density at radius 2 is 1.96 bits per heavy atom. The molecule has 2 aromatic carbocycles. The number of carbonyl (C=O) groups is 1. The maximum atomic E-state index is 13.2. The third-order valence-electron chi connectivity index (χ3n) is 4.26. The average molecular weight is 416 g/mol. The van der Waals surface area contributed by atoms with Crippen LogP contribution in [0.1, 0.15) is 19.4 Å². The fourth-order valence-electron chi connectivity index (χ4n) is 2.76. The number of nitrogens with zero attached hydrogens (tertiary/aromatic N) is 2. The summed E-state index contributed by atoms with van der Waals surface area (Å²) in [6, 6.07) is 12.6. The number of nitrogens with one attached hydrogen (secondary N) is 1. The van der Waals surface area contributed by atoms with Crippen molar-refractivity contribution in [3.8, 4) is 5.69 Å². The van der Waals surface area contributed by atoms with E-state index < -0.39 is 0 Å². The molecule has 1 heterocycles. The van der Waals surface area contributed by atoms with Crippen LogP contribution in [0, 0.1) is 12.8 Å². The van der Waals surface area contributed by atoms with Crippen LogP contribution in [0.25, 0.3) is 16.6 Å². The highest BCUT2D eigenvalue weighted by molar-refractivity contribution is 7.99. The number of hydrogen-bond donors (Lipinski definition) is 1. The Labute approximate surface area is 173 Å². The minimum atomic E-state index is -0.180. The van der Waals surface area contributed by atoms with Gasteiger partial charge in [0.2, 0.25) is 5.91 Å². The van der Waals surface area contributed by atoms with Crippen molar-refractivity contribution >= 4 is 40.2 Å². The van der Waals surface area contributed by atoms with E-state index in [1.165, 1.54) is 11.8 Å². The number of hydrogen-bond acceptors (Lipinski definition) is 4. The maximum absolute atomic E-state index is 13.2. The molecule has 5 nitrogen and oxygen atoms in total. The molecular weight excluding hydrogens is 394 g/mol. The Balaban J connectivity index is 2.06. The van der Waals surface area contributed by atoms with E-state index in [9.17, 15) is 9.59 Å². The normalized spacial score (nSPS) is 11.2. The van der Waals surface area contributed by atoms with E-state index >= 15 is 0 Å². The summed E-state index contributed by atoms with van der Waals surface area (Å²) in [6.45, 7) is 6.56. The topological polar surface area (TPSA) is 64.0 Å². The summed E-state index contributed by atoms with van der Waals surface area (Å²) in [5.74, 6) is 0.465. The third kappa shape index (κ3) is 4.39. The fraction of sp³-hybridized carbons (Fsp3) is 0.286. The van der Waals surface area contributed by atoms with Crippen LogP contribution < -0.4 is 10.9 Å². The van der Waals surface area contributed by atoms with Crippen molar-refractivity contribution in [2.75, 3.05) is 12.3 Å². The lowest BCUT2D eigenvalue weighted by atomic mass is 10.2. The smallest absolute Gasteiger partial charge is 0.266 e. The Kier molecular flexibility index (Phi) is 6.42. The van der Waals surface area contributed by atoms with Gasteiger partial charge in [-0.15, -0.1) is 0 Å². The lowest BCUT2D eigenvalue weighted by Crippen LogP contribution is -2.29. The summed E-state index contributed by atoms with van der Waals surface area (Å²) in [6.07, 6.45) is 0. The standard InChI is InChI=1S/C21H22ClN3O2S/c1-13(2)11-23-19(26)12-28-21-24-17-9-5-4-7-15(17)20(27)25(21)18-10-6-8-16(22)14(18)3/h4-10,13H,11-12H2,1-3H3,(H,23,26). The molecule has 1 aromatic heterocycles. The van der Waals surface area contributed by atoms with Gasteiger partial charge in [0.1, 0.15) is 0 Å². The number of para-hydroxylation sites is 1. The van der Waals surface area contributed by atoms with Crippen molar-refractivity contribution in [2.45, 2.75) is 25.9 Å². The Bertz CT molecular complexity index is 1080. The van der Waals surface area contributed by atoms with Gasteiger partial charge in [-0.25, -0.2) is 4.98 Å². The molecule has 0 atom stereocenters. The monoisotopic (exact) mass is 415 g/mol. The summed E-state index contributed by atoms with van der Waals surface area (Å²) in [5.41, 5.74) is 1.88. The Morgan fingerprint density at radius 1 is 1.21 bits per heavy atom. The van der Waals surface area contributed by atoms with Gasteiger partial charge in [-0.05, 0) is 42.7 Å². The molecule has 146 valence electrons. The van der Waals surface area contributed by atoms with Crippen molar-refractivity contribution in [1.82, 2.24) is 14.9 Å². The number of fused-ring (bicyclic) bond motifs is 1. The van der Waals surface area contributed by atoms with Crippen LogP contribution in [0.5, 0.6) is 0 Å². The first-order valence-corrected chi connectivity index (χ1v) is 10.4. The van der Waals surface area contributed by atoms with E-state index in [0.717, 1.165) is 5.56 Å². The lowest BCUT2D eigenvalue weighted by Gasteiger charge is -2.16. The number of rotatable bonds is 6. The van der Waals surface area contributed by atoms with Crippen molar-refractivity contribution in [3.63, 3.8) is 0 Å². The summed E-state index contributed by atoms with van der Waals surface area (Å²) in [7, 11) is 0. The van der Waals surface area contributed by atoms with Crippen LogP contribution >= 0.6 is 23.4 Å². The molecule has 0 aliphatic heterocycles. The number of benzene rings is 2. The number of aromatic nitrogens is 2. The van der Waals surface area contributed by atoms with E-state index in [1.807, 2.05) is 39.0 Å². The quantitative estimate of drug-likeness (QED) is 0.483. The van der Waals surface area contributed by atoms with Crippen LogP contribution in [0.2, 0.25) is 5.02 Å². The molecule has 0 saturated carbocycles. The van der Waals surface area contributed by atoms with Gasteiger partial charge in [-0.3, -0.25) is 14.2 Å². The Morgan fingerprint density at radius 3 is 2.71 bits per heavy atom. The first-order chi connectivity index (χ1) is 13.4. The first-order valence-electron chi connectivity index (χ1n) is 9.05. The molecule has 1 N–H and O–H groups in total. The van der Waals surface area contributed by atoms with Gasteiger partial charge in [0, 0.05) is 11.6 Å². The van der Waals surface area contributed by atoms with Crippen LogP contribution in [0.3, 0.4) is 0 Å². The van der Waals surface area contributed by atoms with E-state index in [4.69, 9.17) is 11.6 Å². The molecule has 3 aromatic rings. The molecule has 0 saturated heterocycles. The Hall–Kier alpha value is -2.31.